The molecule has 0 aliphatic carbocycles. The van der Waals surface area contributed by atoms with E-state index in [0.717, 1.165) is 22.6 Å². The third kappa shape index (κ3) is 2.98. The van der Waals surface area contributed by atoms with Crippen molar-refractivity contribution in [2.75, 3.05) is 12.8 Å². The number of hydrogen-bond acceptors (Lipinski definition) is 4. The summed E-state index contributed by atoms with van der Waals surface area (Å²) in [5, 5.41) is 4.34. The molecule has 0 amide bonds. The number of hydrogen-bond donors (Lipinski definition) is 1. The molecule has 1 heterocycles. The largest absolute Gasteiger partial charge is 0.497 e. The van der Waals surface area contributed by atoms with E-state index in [0.29, 0.717) is 5.95 Å². The zero-order chi connectivity index (χ0) is 15.4. The molecular formula is C17H16N4O. The average Bonchev–Trinajstić information content (AvgIpc) is 2.95. The van der Waals surface area contributed by atoms with Gasteiger partial charge in [-0.15, -0.1) is 0 Å². The quantitative estimate of drug-likeness (QED) is 0.752. The van der Waals surface area contributed by atoms with Crippen LogP contribution in [0.2, 0.25) is 0 Å². The maximum absolute atomic E-state index is 5.92. The topological polar surface area (TPSA) is 65.4 Å². The molecule has 0 spiro atoms. The van der Waals surface area contributed by atoms with Gasteiger partial charge >= 0.3 is 0 Å². The van der Waals surface area contributed by atoms with Gasteiger partial charge in [0.15, 0.2) is 0 Å². The standard InChI is InChI=1S/C17H16N4O/c1-22-15-9-5-8-14(10-15)16-12-21(17(18)20-16)19-11-13-6-3-2-4-7-13/h2-12H,1H3,(H2,18,20). The lowest BCUT2D eigenvalue weighted by molar-refractivity contribution is 0.415. The molecule has 2 N–H and O–H groups in total. The smallest absolute Gasteiger partial charge is 0.221 e. The van der Waals surface area contributed by atoms with Gasteiger partial charge in [-0.1, -0.05) is 42.5 Å². The monoisotopic (exact) mass is 292 g/mol. The number of nitrogens with zero attached hydrogens (tertiary/aromatic N) is 3. The second kappa shape index (κ2) is 6.13. The number of nitrogen functional groups attached to an aromatic ring is 1. The number of rotatable bonds is 4. The molecule has 0 aliphatic rings. The Morgan fingerprint density at radius 3 is 2.73 bits per heavy atom. The Hall–Kier alpha value is -3.08. The van der Waals surface area contributed by atoms with Gasteiger partial charge in [-0.25, -0.2) is 9.66 Å². The second-order valence-electron chi connectivity index (χ2n) is 4.72. The zero-order valence-electron chi connectivity index (χ0n) is 12.2. The van der Waals surface area contributed by atoms with Gasteiger partial charge in [-0.3, -0.25) is 0 Å². The van der Waals surface area contributed by atoms with Crippen molar-refractivity contribution in [2.24, 2.45) is 5.10 Å². The molecule has 0 radical (unpaired) electrons. The summed E-state index contributed by atoms with van der Waals surface area (Å²) < 4.78 is 6.78. The summed E-state index contributed by atoms with van der Waals surface area (Å²) in [4.78, 5) is 4.34. The summed E-state index contributed by atoms with van der Waals surface area (Å²) in [6.45, 7) is 0. The van der Waals surface area contributed by atoms with Gasteiger partial charge in [0, 0.05) is 5.56 Å². The molecule has 3 aromatic rings. The number of nitrogens with two attached hydrogens (primary N) is 1. The minimum absolute atomic E-state index is 0.338. The molecule has 0 aliphatic heterocycles. The fourth-order valence-electron chi connectivity index (χ4n) is 2.07. The number of benzene rings is 2. The lowest BCUT2D eigenvalue weighted by atomic mass is 10.1. The predicted octanol–water partition coefficient (Wildman–Crippen LogP) is 3.02. The van der Waals surface area contributed by atoms with Crippen LogP contribution in [0.25, 0.3) is 11.3 Å². The second-order valence-corrected chi connectivity index (χ2v) is 4.72. The van der Waals surface area contributed by atoms with Crippen LogP contribution >= 0.6 is 0 Å². The van der Waals surface area contributed by atoms with Crippen molar-refractivity contribution in [3.8, 4) is 17.0 Å². The van der Waals surface area contributed by atoms with E-state index in [4.69, 9.17) is 10.5 Å². The number of anilines is 1. The van der Waals surface area contributed by atoms with Gasteiger partial charge in [0.2, 0.25) is 5.95 Å². The lowest BCUT2D eigenvalue weighted by Gasteiger charge is -2.00. The summed E-state index contributed by atoms with van der Waals surface area (Å²) in [6, 6.07) is 17.5. The lowest BCUT2D eigenvalue weighted by Crippen LogP contribution is -1.96. The van der Waals surface area contributed by atoms with Crippen molar-refractivity contribution >= 4 is 12.2 Å². The van der Waals surface area contributed by atoms with Crippen LogP contribution in [0, 0.1) is 0 Å². The van der Waals surface area contributed by atoms with Crippen LogP contribution in [0.5, 0.6) is 5.75 Å². The molecule has 5 nitrogen and oxygen atoms in total. The molecule has 1 aromatic heterocycles. The van der Waals surface area contributed by atoms with E-state index in [1.807, 2.05) is 54.6 Å². The van der Waals surface area contributed by atoms with Gasteiger partial charge in [0.05, 0.1) is 25.2 Å². The molecule has 2 aromatic carbocycles. The number of aromatic nitrogens is 2. The molecule has 0 saturated carbocycles. The first-order valence-electron chi connectivity index (χ1n) is 6.85. The molecule has 110 valence electrons. The normalized spacial score (nSPS) is 11.0. The van der Waals surface area contributed by atoms with E-state index in [-0.39, 0.29) is 0 Å². The highest BCUT2D eigenvalue weighted by Gasteiger charge is 2.07. The van der Waals surface area contributed by atoms with Crippen LogP contribution in [-0.4, -0.2) is 23.0 Å². The third-order valence-electron chi connectivity index (χ3n) is 3.21. The molecule has 0 fully saturated rings. The Balaban J connectivity index is 1.89. The summed E-state index contributed by atoms with van der Waals surface area (Å²) in [7, 11) is 1.64. The summed E-state index contributed by atoms with van der Waals surface area (Å²) in [5.74, 6) is 1.11. The highest BCUT2D eigenvalue weighted by Crippen LogP contribution is 2.23. The molecule has 22 heavy (non-hydrogen) atoms. The van der Waals surface area contributed by atoms with Crippen molar-refractivity contribution in [2.45, 2.75) is 0 Å². The first-order valence-corrected chi connectivity index (χ1v) is 6.85. The fraction of sp³-hybridized carbons (Fsp3) is 0.0588. The molecule has 0 saturated heterocycles. The summed E-state index contributed by atoms with van der Waals surface area (Å²) in [6.07, 6.45) is 3.54. The van der Waals surface area contributed by atoms with Crippen molar-refractivity contribution in [3.05, 3.63) is 66.4 Å². The minimum atomic E-state index is 0.338. The third-order valence-corrected chi connectivity index (χ3v) is 3.21. The minimum Gasteiger partial charge on any atom is -0.497 e. The summed E-state index contributed by atoms with van der Waals surface area (Å²) in [5.41, 5.74) is 8.60. The van der Waals surface area contributed by atoms with Crippen molar-refractivity contribution in [3.63, 3.8) is 0 Å². The average molecular weight is 292 g/mol. The Morgan fingerprint density at radius 2 is 1.95 bits per heavy atom. The van der Waals surface area contributed by atoms with Gasteiger partial charge < -0.3 is 10.5 Å². The van der Waals surface area contributed by atoms with E-state index < -0.39 is 0 Å². The highest BCUT2D eigenvalue weighted by molar-refractivity contribution is 5.79. The maximum atomic E-state index is 5.92. The van der Waals surface area contributed by atoms with Crippen LogP contribution in [0.15, 0.2) is 65.9 Å². The Bertz CT molecular complexity index is 793. The maximum Gasteiger partial charge on any atom is 0.221 e. The molecule has 3 rings (SSSR count). The highest BCUT2D eigenvalue weighted by atomic mass is 16.5. The van der Waals surface area contributed by atoms with E-state index in [1.165, 1.54) is 0 Å². The van der Waals surface area contributed by atoms with Crippen LogP contribution in [0.3, 0.4) is 0 Å². The van der Waals surface area contributed by atoms with Gasteiger partial charge in [-0.05, 0) is 17.7 Å². The van der Waals surface area contributed by atoms with Crippen LogP contribution in [0.4, 0.5) is 5.95 Å². The van der Waals surface area contributed by atoms with E-state index >= 15 is 0 Å². The predicted molar refractivity (Wildman–Crippen MR) is 88.1 cm³/mol. The van der Waals surface area contributed by atoms with Crippen molar-refractivity contribution in [1.82, 2.24) is 9.66 Å². The number of ether oxygens (including phenoxy) is 1. The van der Waals surface area contributed by atoms with E-state index in [2.05, 4.69) is 10.1 Å². The van der Waals surface area contributed by atoms with Gasteiger partial charge in [-0.2, -0.15) is 5.10 Å². The summed E-state index contributed by atoms with van der Waals surface area (Å²) >= 11 is 0. The van der Waals surface area contributed by atoms with E-state index in [9.17, 15) is 0 Å². The molecule has 5 heteroatoms. The SMILES string of the molecule is COc1cccc(-c2cn(N=Cc3ccccc3)c(N)n2)c1. The van der Waals surface area contributed by atoms with Crippen molar-refractivity contribution < 1.29 is 4.74 Å². The Labute approximate surface area is 128 Å². The van der Waals surface area contributed by atoms with Crippen LogP contribution in [0.1, 0.15) is 5.56 Å². The fourth-order valence-corrected chi connectivity index (χ4v) is 2.07. The van der Waals surface area contributed by atoms with Crippen LogP contribution in [-0.2, 0) is 0 Å². The first-order chi connectivity index (χ1) is 10.8. The van der Waals surface area contributed by atoms with Crippen molar-refractivity contribution in [1.29, 1.82) is 0 Å². The number of methoxy groups -OCH3 is 1. The first kappa shape index (κ1) is 13.9. The zero-order valence-corrected chi connectivity index (χ0v) is 12.2. The molecular weight excluding hydrogens is 276 g/mol. The Kier molecular flexibility index (Phi) is 3.87. The number of imidazole rings is 1. The van der Waals surface area contributed by atoms with Gasteiger partial charge in [0.25, 0.3) is 0 Å². The Morgan fingerprint density at radius 1 is 1.14 bits per heavy atom. The van der Waals surface area contributed by atoms with Crippen LogP contribution < -0.4 is 10.5 Å². The van der Waals surface area contributed by atoms with Gasteiger partial charge in [0.1, 0.15) is 5.75 Å². The molecule has 0 unspecified atom stereocenters. The van der Waals surface area contributed by atoms with E-state index in [1.54, 1.807) is 24.2 Å². The molecule has 0 atom stereocenters. The molecule has 0 bridgehead atoms.